The SMILES string of the molecule is Cc1cc(-c2[nH]nc3ncc(-c4ccc(N5CCN(CCc6ccc([C@@H]7CCC(=O)NC7=O)c(F)c6)CC5)cc4)cc23)ccc1[C@@H](C)c1nc(C(N)=O)no1. The molecule has 2 fully saturated rings. The fourth-order valence-electron chi connectivity index (χ4n) is 7.62. The van der Waals surface area contributed by atoms with Gasteiger partial charge in [0, 0.05) is 73.1 Å². The lowest BCUT2D eigenvalue weighted by molar-refractivity contribution is -0.134. The van der Waals surface area contributed by atoms with Crippen LogP contribution in [-0.4, -0.2) is 80.7 Å². The number of aromatic nitrogens is 5. The Kier molecular flexibility index (Phi) is 9.66. The van der Waals surface area contributed by atoms with Crippen molar-refractivity contribution >= 4 is 34.4 Å². The summed E-state index contributed by atoms with van der Waals surface area (Å²) in [7, 11) is 0. The molecule has 2 saturated heterocycles. The molecule has 3 aromatic heterocycles. The second kappa shape index (κ2) is 14.9. The lowest BCUT2D eigenvalue weighted by Crippen LogP contribution is -2.47. The minimum atomic E-state index is -0.734. The highest BCUT2D eigenvalue weighted by molar-refractivity contribution is 6.01. The van der Waals surface area contributed by atoms with Crippen LogP contribution in [0, 0.1) is 12.7 Å². The van der Waals surface area contributed by atoms with E-state index in [2.05, 4.69) is 76.8 Å². The third-order valence-electron chi connectivity index (χ3n) is 10.8. The highest BCUT2D eigenvalue weighted by atomic mass is 19.1. The van der Waals surface area contributed by atoms with E-state index in [-0.39, 0.29) is 24.1 Å². The van der Waals surface area contributed by atoms with Crippen LogP contribution >= 0.6 is 0 Å². The van der Waals surface area contributed by atoms with Crippen molar-refractivity contribution in [1.29, 1.82) is 0 Å². The second-order valence-corrected chi connectivity index (χ2v) is 14.3. The molecule has 0 aliphatic carbocycles. The topological polar surface area (TPSA) is 176 Å². The zero-order chi connectivity index (χ0) is 38.2. The van der Waals surface area contributed by atoms with E-state index in [1.807, 2.05) is 38.2 Å². The zero-order valence-electron chi connectivity index (χ0n) is 30.5. The van der Waals surface area contributed by atoms with E-state index in [1.54, 1.807) is 6.07 Å². The van der Waals surface area contributed by atoms with Gasteiger partial charge in [0.15, 0.2) is 5.65 Å². The van der Waals surface area contributed by atoms with Crippen LogP contribution in [0.2, 0.25) is 0 Å². The van der Waals surface area contributed by atoms with Crippen molar-refractivity contribution in [2.24, 2.45) is 5.73 Å². The van der Waals surface area contributed by atoms with E-state index in [1.165, 1.54) is 6.07 Å². The number of piperidine rings is 1. The number of benzene rings is 3. The predicted molar refractivity (Wildman–Crippen MR) is 204 cm³/mol. The Hall–Kier alpha value is -6.28. The van der Waals surface area contributed by atoms with Crippen LogP contribution in [0.4, 0.5) is 10.1 Å². The van der Waals surface area contributed by atoms with Crippen LogP contribution in [0.1, 0.15) is 70.4 Å². The van der Waals surface area contributed by atoms with Crippen LogP contribution in [0.15, 0.2) is 77.4 Å². The highest BCUT2D eigenvalue weighted by Crippen LogP contribution is 2.34. The molecule has 8 rings (SSSR count). The van der Waals surface area contributed by atoms with Crippen molar-refractivity contribution in [3.63, 3.8) is 0 Å². The number of carbonyl (C=O) groups is 3. The number of pyridine rings is 1. The molecule has 2 aliphatic heterocycles. The van der Waals surface area contributed by atoms with Crippen molar-refractivity contribution in [3.8, 4) is 22.4 Å². The van der Waals surface area contributed by atoms with Gasteiger partial charge >= 0.3 is 0 Å². The number of amides is 3. The third-order valence-corrected chi connectivity index (χ3v) is 10.8. The number of nitrogens with two attached hydrogens (primary N) is 1. The van der Waals surface area contributed by atoms with Gasteiger partial charge in [-0.15, -0.1) is 0 Å². The number of anilines is 1. The summed E-state index contributed by atoms with van der Waals surface area (Å²) in [4.78, 5) is 48.7. The molecule has 14 heteroatoms. The molecule has 55 heavy (non-hydrogen) atoms. The molecule has 6 aromatic rings. The summed E-state index contributed by atoms with van der Waals surface area (Å²) in [6, 6.07) is 21.9. The smallest absolute Gasteiger partial charge is 0.290 e. The number of aromatic amines is 1. The Morgan fingerprint density at radius 1 is 1.00 bits per heavy atom. The molecule has 4 N–H and O–H groups in total. The first kappa shape index (κ1) is 35.7. The van der Waals surface area contributed by atoms with E-state index in [9.17, 15) is 18.8 Å². The Labute approximate surface area is 316 Å². The summed E-state index contributed by atoms with van der Waals surface area (Å²) < 4.78 is 20.3. The van der Waals surface area contributed by atoms with Gasteiger partial charge in [-0.3, -0.25) is 29.7 Å². The van der Waals surface area contributed by atoms with Gasteiger partial charge in [-0.2, -0.15) is 10.1 Å². The number of piperazine rings is 1. The molecule has 0 spiro atoms. The number of aryl methyl sites for hydroxylation is 1. The summed E-state index contributed by atoms with van der Waals surface area (Å²) in [5.74, 6) is -2.53. The largest absolute Gasteiger partial charge is 0.369 e. The number of primary amides is 1. The van der Waals surface area contributed by atoms with Gasteiger partial charge < -0.3 is 15.2 Å². The molecule has 3 aromatic carbocycles. The second-order valence-electron chi connectivity index (χ2n) is 14.3. The first-order chi connectivity index (χ1) is 26.6. The van der Waals surface area contributed by atoms with Crippen molar-refractivity contribution in [2.75, 3.05) is 37.6 Å². The molecule has 5 heterocycles. The van der Waals surface area contributed by atoms with Gasteiger partial charge in [0.25, 0.3) is 11.7 Å². The van der Waals surface area contributed by atoms with E-state index < -0.39 is 23.5 Å². The maximum Gasteiger partial charge on any atom is 0.290 e. The molecular weight excluding hydrogens is 702 g/mol. The summed E-state index contributed by atoms with van der Waals surface area (Å²) >= 11 is 0. The van der Waals surface area contributed by atoms with Crippen molar-refractivity contribution in [2.45, 2.75) is 44.9 Å². The van der Waals surface area contributed by atoms with Gasteiger partial charge in [0.1, 0.15) is 5.82 Å². The van der Waals surface area contributed by atoms with Gasteiger partial charge in [-0.05, 0) is 79.3 Å². The average Bonchev–Trinajstić information content (AvgIpc) is 3.86. The van der Waals surface area contributed by atoms with Crippen molar-refractivity contribution < 1.29 is 23.3 Å². The number of hydrogen-bond donors (Lipinski definition) is 3. The highest BCUT2D eigenvalue weighted by Gasteiger charge is 2.30. The zero-order valence-corrected chi connectivity index (χ0v) is 30.5. The number of hydrogen-bond acceptors (Lipinski definition) is 10. The summed E-state index contributed by atoms with van der Waals surface area (Å²) in [5.41, 5.74) is 14.2. The third kappa shape index (κ3) is 7.32. The number of nitrogens with one attached hydrogen (secondary N) is 2. The molecule has 0 bridgehead atoms. The average molecular weight is 742 g/mol. The molecule has 0 radical (unpaired) electrons. The van der Waals surface area contributed by atoms with Crippen LogP contribution < -0.4 is 16.0 Å². The maximum atomic E-state index is 15.0. The van der Waals surface area contributed by atoms with Gasteiger partial charge in [0.05, 0.1) is 17.5 Å². The normalized spacial score (nSPS) is 17.1. The number of nitrogens with zero attached hydrogens (tertiary/aromatic N) is 6. The summed E-state index contributed by atoms with van der Waals surface area (Å²) in [6.07, 6.45) is 3.11. The Bertz CT molecular complexity index is 2420. The maximum absolute atomic E-state index is 15.0. The number of rotatable bonds is 10. The molecule has 2 atom stereocenters. The van der Waals surface area contributed by atoms with Crippen LogP contribution in [0.3, 0.4) is 0 Å². The van der Waals surface area contributed by atoms with Gasteiger partial charge in [-0.1, -0.05) is 41.6 Å². The standard InChI is InChI=1S/C41H40FN9O4/c1-23-19-27(6-10-30(23)24(2)41-46-39(37(43)53)49-55-41)36-33-21-28(22-44-38(33)48-47-36)26-4-7-29(8-5-26)51-17-15-50(16-18-51)14-13-25-3-9-31(34(42)20-25)32-11-12-35(52)45-40(32)54/h3-10,19-22,24,32H,11-18H2,1-2H3,(H2,43,53)(H,44,47,48)(H,45,52,54)/t24-,32+/m1/s1. The monoisotopic (exact) mass is 741 g/mol. The lowest BCUT2D eigenvalue weighted by atomic mass is 9.89. The lowest BCUT2D eigenvalue weighted by Gasteiger charge is -2.36. The molecule has 280 valence electrons. The van der Waals surface area contributed by atoms with Crippen LogP contribution in [0.25, 0.3) is 33.4 Å². The fourth-order valence-corrected chi connectivity index (χ4v) is 7.62. The van der Waals surface area contributed by atoms with E-state index in [0.29, 0.717) is 29.9 Å². The van der Waals surface area contributed by atoms with E-state index >= 15 is 0 Å². The molecule has 0 unspecified atom stereocenters. The number of fused-ring (bicyclic) bond motifs is 1. The van der Waals surface area contributed by atoms with Crippen molar-refractivity contribution in [1.82, 2.24) is 35.5 Å². The first-order valence-electron chi connectivity index (χ1n) is 18.4. The molecule has 2 aliphatic rings. The molecule has 3 amide bonds. The Morgan fingerprint density at radius 2 is 1.78 bits per heavy atom. The minimum absolute atomic E-state index is 0.140. The fraction of sp³-hybridized carbons (Fsp3) is 0.293. The predicted octanol–water partition coefficient (Wildman–Crippen LogP) is 5.26. The molecule has 13 nitrogen and oxygen atoms in total. The summed E-state index contributed by atoms with van der Waals surface area (Å²) in [5, 5.41) is 14.5. The first-order valence-corrected chi connectivity index (χ1v) is 18.4. The van der Waals surface area contributed by atoms with Crippen molar-refractivity contribution in [3.05, 3.63) is 113 Å². The van der Waals surface area contributed by atoms with Gasteiger partial charge in [0.2, 0.25) is 17.7 Å². The number of carbonyl (C=O) groups excluding carboxylic acids is 3. The molecular formula is C41H40FN9O4. The van der Waals surface area contributed by atoms with E-state index in [4.69, 9.17) is 10.3 Å². The van der Waals surface area contributed by atoms with E-state index in [0.717, 1.165) is 82.9 Å². The van der Waals surface area contributed by atoms with Crippen LogP contribution in [0.5, 0.6) is 0 Å². The minimum Gasteiger partial charge on any atom is -0.369 e. The molecule has 0 saturated carbocycles. The van der Waals surface area contributed by atoms with Crippen LogP contribution in [-0.2, 0) is 16.0 Å². The number of halogens is 1. The Morgan fingerprint density at radius 3 is 2.49 bits per heavy atom. The summed E-state index contributed by atoms with van der Waals surface area (Å²) in [6.45, 7) is 8.33. The quantitative estimate of drug-likeness (QED) is 0.157. The number of H-pyrrole nitrogens is 1. The number of imide groups is 1. The Balaban J connectivity index is 0.885. The van der Waals surface area contributed by atoms with Gasteiger partial charge in [-0.25, -0.2) is 9.37 Å².